The third-order valence-electron chi connectivity index (χ3n) is 2.90. The molecule has 0 radical (unpaired) electrons. The van der Waals surface area contributed by atoms with Crippen molar-refractivity contribution in [3.05, 3.63) is 0 Å². The summed E-state index contributed by atoms with van der Waals surface area (Å²) < 4.78 is 5.26. The lowest BCUT2D eigenvalue weighted by Crippen LogP contribution is -2.39. The highest BCUT2D eigenvalue weighted by Gasteiger charge is 2.21. The normalized spacial score (nSPS) is 17.7. The van der Waals surface area contributed by atoms with Crippen LogP contribution in [-0.4, -0.2) is 36.9 Å². The van der Waals surface area contributed by atoms with Gasteiger partial charge in [0.05, 0.1) is 0 Å². The van der Waals surface area contributed by atoms with E-state index < -0.39 is 11.7 Å². The van der Waals surface area contributed by atoms with Gasteiger partial charge in [0, 0.05) is 18.7 Å². The first-order valence-corrected chi connectivity index (χ1v) is 7.47. The second-order valence-electron chi connectivity index (χ2n) is 6.26. The van der Waals surface area contributed by atoms with E-state index in [4.69, 9.17) is 9.57 Å². The molecule has 0 aromatic carbocycles. The highest BCUT2D eigenvalue weighted by atomic mass is 16.6. The molecule has 1 aliphatic rings. The molecule has 120 valence electrons. The summed E-state index contributed by atoms with van der Waals surface area (Å²) in [6.07, 6.45) is 5.16. The number of hydrogen-bond acceptors (Lipinski definition) is 4. The summed E-state index contributed by atoms with van der Waals surface area (Å²) in [5.74, 6) is 1.17. The van der Waals surface area contributed by atoms with Gasteiger partial charge in [0.25, 0.3) is 0 Å². The van der Waals surface area contributed by atoms with Crippen LogP contribution in [0, 0.1) is 5.92 Å². The van der Waals surface area contributed by atoms with Crippen LogP contribution in [0.15, 0.2) is 10.1 Å². The zero-order valence-electron chi connectivity index (χ0n) is 13.7. The molecule has 0 aromatic rings. The number of oxime groups is 1. The van der Waals surface area contributed by atoms with Crippen molar-refractivity contribution in [2.75, 3.05) is 7.11 Å². The minimum absolute atomic E-state index is 0.0786. The van der Waals surface area contributed by atoms with Gasteiger partial charge in [-0.2, -0.15) is 0 Å². The van der Waals surface area contributed by atoms with Crippen molar-refractivity contribution in [3.63, 3.8) is 0 Å². The zero-order valence-corrected chi connectivity index (χ0v) is 13.7. The fourth-order valence-electron chi connectivity index (χ4n) is 1.65. The van der Waals surface area contributed by atoms with Crippen LogP contribution >= 0.6 is 0 Å². The van der Waals surface area contributed by atoms with Gasteiger partial charge in [0.15, 0.2) is 5.84 Å². The van der Waals surface area contributed by atoms with Gasteiger partial charge < -0.3 is 14.9 Å². The second kappa shape index (κ2) is 8.00. The molecule has 0 aromatic heterocycles. The Bertz CT molecular complexity index is 395. The summed E-state index contributed by atoms with van der Waals surface area (Å²) >= 11 is 0. The number of amidine groups is 1. The summed E-state index contributed by atoms with van der Waals surface area (Å²) in [6, 6.07) is -0.0786. The highest BCUT2D eigenvalue weighted by molar-refractivity contribution is 5.90. The lowest BCUT2D eigenvalue weighted by atomic mass is 10.1. The van der Waals surface area contributed by atoms with Crippen LogP contribution < -0.4 is 5.32 Å². The quantitative estimate of drug-likeness (QED) is 0.465. The number of carbonyl (C=O) groups excluding carboxylic acids is 1. The zero-order chi connectivity index (χ0) is 15.9. The molecule has 0 spiro atoms. The maximum Gasteiger partial charge on any atom is 0.407 e. The topological polar surface area (TPSA) is 72.3 Å². The Morgan fingerprint density at radius 1 is 1.43 bits per heavy atom. The number of rotatable bonds is 6. The minimum Gasteiger partial charge on any atom is -0.444 e. The first kappa shape index (κ1) is 17.5. The molecule has 1 atom stereocenters. The van der Waals surface area contributed by atoms with Gasteiger partial charge >= 0.3 is 6.09 Å². The lowest BCUT2D eigenvalue weighted by Gasteiger charge is -2.22. The van der Waals surface area contributed by atoms with E-state index >= 15 is 0 Å². The maximum absolute atomic E-state index is 11.8. The number of alkyl carbamates (subject to hydrolysis) is 1. The van der Waals surface area contributed by atoms with Crippen LogP contribution in [0.5, 0.6) is 0 Å². The fraction of sp³-hybridized carbons (Fsp3) is 0.800. The Morgan fingerprint density at radius 3 is 2.57 bits per heavy atom. The molecule has 1 saturated carbocycles. The van der Waals surface area contributed by atoms with Crippen LogP contribution in [0.25, 0.3) is 0 Å². The molecule has 0 saturated heterocycles. The summed E-state index contributed by atoms with van der Waals surface area (Å²) in [5.41, 5.74) is -0.504. The minimum atomic E-state index is -0.504. The van der Waals surface area contributed by atoms with E-state index in [-0.39, 0.29) is 6.04 Å². The van der Waals surface area contributed by atoms with Crippen molar-refractivity contribution in [1.29, 1.82) is 0 Å². The van der Waals surface area contributed by atoms with Gasteiger partial charge in [-0.1, -0.05) is 12.1 Å². The first-order chi connectivity index (χ1) is 9.84. The van der Waals surface area contributed by atoms with Crippen molar-refractivity contribution in [2.24, 2.45) is 16.1 Å². The van der Waals surface area contributed by atoms with E-state index in [1.165, 1.54) is 20.0 Å². The van der Waals surface area contributed by atoms with Gasteiger partial charge in [-0.15, -0.1) is 0 Å². The van der Waals surface area contributed by atoms with Crippen LogP contribution in [0.3, 0.4) is 0 Å². The van der Waals surface area contributed by atoms with E-state index in [1.54, 1.807) is 0 Å². The summed E-state index contributed by atoms with van der Waals surface area (Å²) in [6.45, 7) is 7.51. The van der Waals surface area contributed by atoms with E-state index in [0.717, 1.165) is 6.42 Å². The van der Waals surface area contributed by atoms with Gasteiger partial charge in [-0.3, -0.25) is 0 Å². The average molecular weight is 297 g/mol. The molecule has 1 amide bonds. The number of aliphatic imine (C=N–C) groups is 1. The molecule has 0 heterocycles. The number of nitrogens with zero attached hydrogens (tertiary/aromatic N) is 2. The van der Waals surface area contributed by atoms with Gasteiger partial charge in [-0.25, -0.2) is 9.79 Å². The SMILES string of the molecule is CC[C@@H](C/C(N=CC1CC1)=N/OC)NC(=O)OC(C)(C)C. The molecule has 0 bridgehead atoms. The number of amides is 1. The predicted octanol–water partition coefficient (Wildman–Crippen LogP) is 3.12. The number of carbonyl (C=O) groups is 1. The fourth-order valence-corrected chi connectivity index (χ4v) is 1.65. The third kappa shape index (κ3) is 8.32. The van der Waals surface area contributed by atoms with Crippen molar-refractivity contribution in [3.8, 4) is 0 Å². The maximum atomic E-state index is 11.8. The highest BCUT2D eigenvalue weighted by Crippen LogP contribution is 2.26. The van der Waals surface area contributed by atoms with E-state index in [0.29, 0.717) is 18.2 Å². The summed E-state index contributed by atoms with van der Waals surface area (Å²) in [7, 11) is 1.49. The molecular weight excluding hydrogens is 270 g/mol. The molecule has 21 heavy (non-hydrogen) atoms. The number of ether oxygens (including phenoxy) is 1. The van der Waals surface area contributed by atoms with Gasteiger partial charge in [-0.05, 0) is 46.0 Å². The van der Waals surface area contributed by atoms with Crippen LogP contribution in [0.2, 0.25) is 0 Å². The first-order valence-electron chi connectivity index (χ1n) is 7.47. The molecule has 1 fully saturated rings. The Hall–Kier alpha value is -1.59. The third-order valence-corrected chi connectivity index (χ3v) is 2.90. The molecule has 1 aliphatic carbocycles. The Labute approximate surface area is 127 Å². The van der Waals surface area contributed by atoms with Gasteiger partial charge in [0.1, 0.15) is 12.7 Å². The van der Waals surface area contributed by atoms with E-state index in [2.05, 4.69) is 15.5 Å². The summed E-state index contributed by atoms with van der Waals surface area (Å²) in [4.78, 5) is 21.0. The number of hydrogen-bond donors (Lipinski definition) is 1. The smallest absolute Gasteiger partial charge is 0.407 e. The average Bonchev–Trinajstić information content (AvgIpc) is 3.16. The summed E-state index contributed by atoms with van der Waals surface area (Å²) in [5, 5.41) is 6.76. The monoisotopic (exact) mass is 297 g/mol. The number of nitrogens with one attached hydrogen (secondary N) is 1. The molecule has 6 heteroatoms. The van der Waals surface area contributed by atoms with Crippen molar-refractivity contribution < 1.29 is 14.4 Å². The van der Waals surface area contributed by atoms with E-state index in [1.807, 2.05) is 33.9 Å². The Morgan fingerprint density at radius 2 is 2.10 bits per heavy atom. The Kier molecular flexibility index (Phi) is 6.65. The standard InChI is InChI=1S/C15H27N3O3/c1-6-12(17-14(19)21-15(2,3)4)9-13(18-20-5)16-10-11-7-8-11/h10-12H,6-9H2,1-5H3,(H,17,19)/b16-10?,18-13-/t12-/m0/s1. The van der Waals surface area contributed by atoms with Crippen molar-refractivity contribution in [1.82, 2.24) is 5.32 Å². The van der Waals surface area contributed by atoms with Crippen LogP contribution in [0.4, 0.5) is 4.79 Å². The van der Waals surface area contributed by atoms with Gasteiger partial charge in [0.2, 0.25) is 0 Å². The molecule has 1 rings (SSSR count). The molecule has 1 N–H and O–H groups in total. The molecule has 0 aliphatic heterocycles. The molecule has 0 unspecified atom stereocenters. The van der Waals surface area contributed by atoms with Crippen LogP contribution in [0.1, 0.15) is 53.4 Å². The van der Waals surface area contributed by atoms with Crippen molar-refractivity contribution in [2.45, 2.75) is 65.0 Å². The predicted molar refractivity (Wildman–Crippen MR) is 83.7 cm³/mol. The Balaban J connectivity index is 2.53. The molecular formula is C15H27N3O3. The molecule has 6 nitrogen and oxygen atoms in total. The van der Waals surface area contributed by atoms with Crippen molar-refractivity contribution >= 4 is 18.1 Å². The lowest BCUT2D eigenvalue weighted by molar-refractivity contribution is 0.0504. The largest absolute Gasteiger partial charge is 0.444 e. The van der Waals surface area contributed by atoms with E-state index in [9.17, 15) is 4.79 Å². The van der Waals surface area contributed by atoms with Crippen LogP contribution in [-0.2, 0) is 9.57 Å². The second-order valence-corrected chi connectivity index (χ2v) is 6.26.